The fraction of sp³-hybridized carbons (Fsp3) is 0.333. The van der Waals surface area contributed by atoms with Crippen molar-refractivity contribution in [3.05, 3.63) is 34.7 Å². The first-order valence-corrected chi connectivity index (χ1v) is 7.77. The third-order valence-electron chi connectivity index (χ3n) is 3.49. The van der Waals surface area contributed by atoms with E-state index in [4.69, 9.17) is 0 Å². The van der Waals surface area contributed by atoms with Crippen molar-refractivity contribution in [2.75, 3.05) is 5.32 Å². The minimum atomic E-state index is -2.65. The highest BCUT2D eigenvalue weighted by Gasteiger charge is 2.45. The van der Waals surface area contributed by atoms with Gasteiger partial charge in [0, 0.05) is 40.9 Å². The van der Waals surface area contributed by atoms with Gasteiger partial charge in [0.15, 0.2) is 0 Å². The number of hydrogen-bond acceptors (Lipinski definition) is 3. The molecular formula is C15H15F2N3OS. The van der Waals surface area contributed by atoms with Crippen molar-refractivity contribution in [3.8, 4) is 11.3 Å². The Labute approximate surface area is 130 Å². The third-order valence-corrected chi connectivity index (χ3v) is 4.35. The Bertz CT molecular complexity index is 694. The minimum absolute atomic E-state index is 0.302. The summed E-state index contributed by atoms with van der Waals surface area (Å²) in [5.74, 6) is -2.65. The second-order valence-corrected chi connectivity index (χ2v) is 6.52. The number of nitrogens with one attached hydrogen (secondary N) is 2. The third kappa shape index (κ3) is 3.24. The Morgan fingerprint density at radius 2 is 2.23 bits per heavy atom. The van der Waals surface area contributed by atoms with Crippen LogP contribution in [0.25, 0.3) is 11.3 Å². The highest BCUT2D eigenvalue weighted by atomic mass is 32.1. The molecule has 22 heavy (non-hydrogen) atoms. The molecule has 2 amide bonds. The first-order valence-electron chi connectivity index (χ1n) is 6.89. The van der Waals surface area contributed by atoms with Gasteiger partial charge in [-0.05, 0) is 25.1 Å². The standard InChI is InChI=1S/C15H15F2N3OS/c1-9-5-10(8-22-9)13-12(3-2-4-18-13)20-14(21)19-11-6-15(16,17)7-11/h2-5,8,11H,6-7H2,1H3,(H2,19,20,21). The van der Waals surface area contributed by atoms with Crippen LogP contribution >= 0.6 is 11.3 Å². The summed E-state index contributed by atoms with van der Waals surface area (Å²) in [5, 5.41) is 7.21. The van der Waals surface area contributed by atoms with Gasteiger partial charge in [-0.15, -0.1) is 11.3 Å². The molecule has 0 radical (unpaired) electrons. The fourth-order valence-electron chi connectivity index (χ4n) is 2.41. The molecule has 2 aromatic rings. The molecule has 2 N–H and O–H groups in total. The van der Waals surface area contributed by atoms with Crippen LogP contribution in [0.5, 0.6) is 0 Å². The van der Waals surface area contributed by atoms with Gasteiger partial charge in [0.2, 0.25) is 0 Å². The summed E-state index contributed by atoms with van der Waals surface area (Å²) in [6.07, 6.45) is 1.05. The molecule has 1 saturated carbocycles. The van der Waals surface area contributed by atoms with Crippen molar-refractivity contribution in [1.82, 2.24) is 10.3 Å². The number of hydrogen-bond donors (Lipinski definition) is 2. The number of thiophene rings is 1. The van der Waals surface area contributed by atoms with E-state index in [-0.39, 0.29) is 12.8 Å². The maximum absolute atomic E-state index is 12.8. The van der Waals surface area contributed by atoms with E-state index < -0.39 is 18.0 Å². The Hall–Kier alpha value is -2.02. The van der Waals surface area contributed by atoms with Gasteiger partial charge in [0.05, 0.1) is 11.4 Å². The number of carbonyl (C=O) groups excluding carboxylic acids is 1. The quantitative estimate of drug-likeness (QED) is 0.896. The van der Waals surface area contributed by atoms with Crippen LogP contribution in [0.2, 0.25) is 0 Å². The zero-order valence-electron chi connectivity index (χ0n) is 11.9. The fourth-order valence-corrected chi connectivity index (χ4v) is 3.10. The number of amides is 2. The number of pyridine rings is 1. The van der Waals surface area contributed by atoms with Crippen molar-refractivity contribution in [2.24, 2.45) is 0 Å². The van der Waals surface area contributed by atoms with Gasteiger partial charge in [0.1, 0.15) is 0 Å². The molecule has 0 aliphatic heterocycles. The van der Waals surface area contributed by atoms with Gasteiger partial charge < -0.3 is 10.6 Å². The molecule has 0 atom stereocenters. The zero-order chi connectivity index (χ0) is 15.7. The highest BCUT2D eigenvalue weighted by Crippen LogP contribution is 2.37. The van der Waals surface area contributed by atoms with Gasteiger partial charge in [-0.2, -0.15) is 0 Å². The molecule has 1 aliphatic carbocycles. The van der Waals surface area contributed by atoms with Gasteiger partial charge in [0.25, 0.3) is 5.92 Å². The number of aryl methyl sites for hydroxylation is 1. The van der Waals surface area contributed by atoms with Gasteiger partial charge >= 0.3 is 6.03 Å². The van der Waals surface area contributed by atoms with Crippen LogP contribution in [-0.2, 0) is 0 Å². The summed E-state index contributed by atoms with van der Waals surface area (Å²) >= 11 is 1.60. The lowest BCUT2D eigenvalue weighted by molar-refractivity contribution is -0.0893. The molecule has 0 saturated heterocycles. The number of urea groups is 1. The Balaban J connectivity index is 1.69. The summed E-state index contributed by atoms with van der Waals surface area (Å²) < 4.78 is 25.5. The number of aromatic nitrogens is 1. The van der Waals surface area contributed by atoms with E-state index >= 15 is 0 Å². The van der Waals surface area contributed by atoms with E-state index in [1.54, 1.807) is 29.7 Å². The molecule has 2 heterocycles. The lowest BCUT2D eigenvalue weighted by Gasteiger charge is -2.35. The van der Waals surface area contributed by atoms with Gasteiger partial charge in [-0.1, -0.05) is 0 Å². The average Bonchev–Trinajstić information content (AvgIpc) is 2.83. The van der Waals surface area contributed by atoms with Crippen molar-refractivity contribution < 1.29 is 13.6 Å². The molecule has 3 rings (SSSR count). The molecule has 2 aromatic heterocycles. The molecule has 0 aromatic carbocycles. The number of anilines is 1. The molecule has 0 spiro atoms. The first kappa shape index (κ1) is 14.9. The molecular weight excluding hydrogens is 308 g/mol. The predicted molar refractivity (Wildman–Crippen MR) is 82.4 cm³/mol. The van der Waals surface area contributed by atoms with E-state index in [0.717, 1.165) is 10.4 Å². The largest absolute Gasteiger partial charge is 0.335 e. The average molecular weight is 323 g/mol. The number of nitrogens with zero attached hydrogens (tertiary/aromatic N) is 1. The van der Waals surface area contributed by atoms with E-state index in [1.807, 2.05) is 18.4 Å². The number of halogens is 2. The normalized spacial score (nSPS) is 16.9. The van der Waals surface area contributed by atoms with Crippen LogP contribution in [0.3, 0.4) is 0 Å². The lowest BCUT2D eigenvalue weighted by Crippen LogP contribution is -2.51. The highest BCUT2D eigenvalue weighted by molar-refractivity contribution is 7.10. The van der Waals surface area contributed by atoms with Crippen molar-refractivity contribution in [1.29, 1.82) is 0 Å². The monoisotopic (exact) mass is 323 g/mol. The molecule has 1 aliphatic rings. The smallest absolute Gasteiger partial charge is 0.319 e. The van der Waals surface area contributed by atoms with Crippen LogP contribution in [0.1, 0.15) is 17.7 Å². The second kappa shape index (κ2) is 5.64. The van der Waals surface area contributed by atoms with E-state index in [9.17, 15) is 13.6 Å². The molecule has 0 bridgehead atoms. The van der Waals surface area contributed by atoms with Crippen LogP contribution < -0.4 is 10.6 Å². The Morgan fingerprint density at radius 3 is 2.86 bits per heavy atom. The molecule has 116 valence electrons. The van der Waals surface area contributed by atoms with Gasteiger partial charge in [-0.25, -0.2) is 13.6 Å². The molecule has 0 unspecified atom stereocenters. The number of alkyl halides is 2. The predicted octanol–water partition coefficient (Wildman–Crippen LogP) is 4.04. The van der Waals surface area contributed by atoms with Crippen molar-refractivity contribution >= 4 is 23.1 Å². The number of carbonyl (C=O) groups is 1. The molecule has 7 heteroatoms. The molecule has 4 nitrogen and oxygen atoms in total. The summed E-state index contributed by atoms with van der Waals surface area (Å²) in [5.41, 5.74) is 2.15. The maximum atomic E-state index is 12.8. The maximum Gasteiger partial charge on any atom is 0.319 e. The second-order valence-electron chi connectivity index (χ2n) is 5.41. The minimum Gasteiger partial charge on any atom is -0.335 e. The van der Waals surface area contributed by atoms with Crippen LogP contribution in [0, 0.1) is 6.92 Å². The summed E-state index contributed by atoms with van der Waals surface area (Å²) in [7, 11) is 0. The topological polar surface area (TPSA) is 54.0 Å². The van der Waals surface area contributed by atoms with Crippen LogP contribution in [-0.4, -0.2) is 23.0 Å². The van der Waals surface area contributed by atoms with Crippen molar-refractivity contribution in [2.45, 2.75) is 31.7 Å². The van der Waals surface area contributed by atoms with E-state index in [0.29, 0.717) is 11.4 Å². The van der Waals surface area contributed by atoms with Crippen LogP contribution in [0.4, 0.5) is 19.3 Å². The van der Waals surface area contributed by atoms with Crippen LogP contribution in [0.15, 0.2) is 29.8 Å². The van der Waals surface area contributed by atoms with Crippen molar-refractivity contribution in [3.63, 3.8) is 0 Å². The number of rotatable bonds is 3. The zero-order valence-corrected chi connectivity index (χ0v) is 12.7. The molecule has 1 fully saturated rings. The summed E-state index contributed by atoms with van der Waals surface area (Å²) in [6.45, 7) is 1.99. The van der Waals surface area contributed by atoms with Gasteiger partial charge in [-0.3, -0.25) is 4.98 Å². The Morgan fingerprint density at radius 1 is 1.45 bits per heavy atom. The first-order chi connectivity index (χ1) is 10.4. The van der Waals surface area contributed by atoms with E-state index in [1.165, 1.54) is 0 Å². The summed E-state index contributed by atoms with van der Waals surface area (Å²) in [6, 6.07) is 4.49. The lowest BCUT2D eigenvalue weighted by atomic mass is 9.88. The Kier molecular flexibility index (Phi) is 3.82. The summed E-state index contributed by atoms with van der Waals surface area (Å²) in [4.78, 5) is 17.4. The SMILES string of the molecule is Cc1cc(-c2ncccc2NC(=O)NC2CC(F)(F)C2)cs1. The van der Waals surface area contributed by atoms with E-state index in [2.05, 4.69) is 15.6 Å².